The molecular weight excluding hydrogens is 278 g/mol. The average Bonchev–Trinajstić information content (AvgIpc) is 3.06. The van der Waals surface area contributed by atoms with Crippen LogP contribution < -0.4 is 0 Å². The van der Waals surface area contributed by atoms with Crippen molar-refractivity contribution in [2.24, 2.45) is 5.41 Å². The zero-order valence-electron chi connectivity index (χ0n) is 11.7. The standard InChI is InChI=1S/C14H17NO6/c1-2-20-13(17)14(7-3-6-12(14)16)10(9-15(18)19)11-5-4-8-21-11/h4-5,8,10H,2-3,6-7,9H2,1H3/t10-,14-/m0/s1. The zero-order chi connectivity index (χ0) is 15.5. The van der Waals surface area contributed by atoms with E-state index in [2.05, 4.69) is 0 Å². The zero-order valence-corrected chi connectivity index (χ0v) is 11.7. The molecule has 7 nitrogen and oxygen atoms in total. The van der Waals surface area contributed by atoms with Crippen molar-refractivity contribution in [1.29, 1.82) is 0 Å². The Balaban J connectivity index is 2.47. The second kappa shape index (κ2) is 6.07. The molecule has 1 fully saturated rings. The third-order valence-corrected chi connectivity index (χ3v) is 3.93. The lowest BCUT2D eigenvalue weighted by atomic mass is 9.71. The van der Waals surface area contributed by atoms with Crippen LogP contribution in [-0.4, -0.2) is 29.8 Å². The second-order valence-electron chi connectivity index (χ2n) is 5.05. The van der Waals surface area contributed by atoms with Crippen molar-refractivity contribution in [3.05, 3.63) is 34.3 Å². The van der Waals surface area contributed by atoms with Gasteiger partial charge in [-0.25, -0.2) is 0 Å². The molecule has 1 aromatic heterocycles. The van der Waals surface area contributed by atoms with Gasteiger partial charge in [0.25, 0.3) is 0 Å². The number of ketones is 1. The van der Waals surface area contributed by atoms with Gasteiger partial charge in [-0.05, 0) is 31.9 Å². The van der Waals surface area contributed by atoms with Crippen LogP contribution in [0.4, 0.5) is 0 Å². The summed E-state index contributed by atoms with van der Waals surface area (Å²) in [4.78, 5) is 35.2. The predicted molar refractivity (Wildman–Crippen MR) is 71.2 cm³/mol. The van der Waals surface area contributed by atoms with Gasteiger partial charge in [0.05, 0.1) is 12.9 Å². The molecule has 2 atom stereocenters. The fourth-order valence-corrected chi connectivity index (χ4v) is 3.00. The molecule has 0 amide bonds. The second-order valence-corrected chi connectivity index (χ2v) is 5.05. The van der Waals surface area contributed by atoms with Crippen molar-refractivity contribution in [3.63, 3.8) is 0 Å². The molecule has 0 aromatic carbocycles. The van der Waals surface area contributed by atoms with E-state index in [0.717, 1.165) is 0 Å². The summed E-state index contributed by atoms with van der Waals surface area (Å²) < 4.78 is 10.3. The summed E-state index contributed by atoms with van der Waals surface area (Å²) in [6, 6.07) is 3.14. The van der Waals surface area contributed by atoms with Gasteiger partial charge in [-0.1, -0.05) is 0 Å². The van der Waals surface area contributed by atoms with E-state index in [1.165, 1.54) is 6.26 Å². The molecule has 114 valence electrons. The highest BCUT2D eigenvalue weighted by molar-refractivity contribution is 6.06. The summed E-state index contributed by atoms with van der Waals surface area (Å²) >= 11 is 0. The Morgan fingerprint density at radius 1 is 1.62 bits per heavy atom. The lowest BCUT2D eigenvalue weighted by molar-refractivity contribution is -0.486. The fourth-order valence-electron chi connectivity index (χ4n) is 3.00. The average molecular weight is 295 g/mol. The number of nitrogens with zero attached hydrogens (tertiary/aromatic N) is 1. The number of rotatable bonds is 6. The number of furan rings is 1. The molecule has 1 aromatic rings. The number of ether oxygens (including phenoxy) is 1. The Morgan fingerprint density at radius 2 is 2.38 bits per heavy atom. The molecule has 1 saturated carbocycles. The molecule has 1 aliphatic rings. The maximum absolute atomic E-state index is 12.4. The van der Waals surface area contributed by atoms with Gasteiger partial charge < -0.3 is 9.15 Å². The van der Waals surface area contributed by atoms with E-state index in [1.54, 1.807) is 19.1 Å². The van der Waals surface area contributed by atoms with E-state index in [4.69, 9.17) is 9.15 Å². The minimum absolute atomic E-state index is 0.122. The number of carbonyl (C=O) groups is 2. The van der Waals surface area contributed by atoms with Crippen molar-refractivity contribution >= 4 is 11.8 Å². The number of nitro groups is 1. The lowest BCUT2D eigenvalue weighted by Gasteiger charge is -2.30. The van der Waals surface area contributed by atoms with Crippen molar-refractivity contribution in [2.75, 3.05) is 13.2 Å². The molecule has 0 spiro atoms. The van der Waals surface area contributed by atoms with Gasteiger partial charge in [-0.15, -0.1) is 0 Å². The highest BCUT2D eigenvalue weighted by atomic mass is 16.6. The summed E-state index contributed by atoms with van der Waals surface area (Å²) in [7, 11) is 0. The molecule has 0 radical (unpaired) electrons. The summed E-state index contributed by atoms with van der Waals surface area (Å²) in [5, 5.41) is 11.0. The lowest BCUT2D eigenvalue weighted by Crippen LogP contribution is -2.44. The molecule has 2 rings (SSSR count). The Hall–Kier alpha value is -2.18. The maximum atomic E-state index is 12.4. The summed E-state index contributed by atoms with van der Waals surface area (Å²) in [5.74, 6) is -1.65. The van der Waals surface area contributed by atoms with E-state index < -0.39 is 28.8 Å². The van der Waals surface area contributed by atoms with E-state index in [0.29, 0.717) is 6.42 Å². The highest BCUT2D eigenvalue weighted by Gasteiger charge is 2.58. The van der Waals surface area contributed by atoms with Crippen molar-refractivity contribution in [2.45, 2.75) is 32.1 Å². The molecule has 7 heteroatoms. The Labute approximate surface area is 121 Å². The van der Waals surface area contributed by atoms with Gasteiger partial charge in [0.15, 0.2) is 5.78 Å². The van der Waals surface area contributed by atoms with Crippen molar-refractivity contribution < 1.29 is 23.7 Å². The van der Waals surface area contributed by atoms with E-state index in [1.807, 2.05) is 0 Å². The topological polar surface area (TPSA) is 99.7 Å². The Kier molecular flexibility index (Phi) is 4.40. The quantitative estimate of drug-likeness (QED) is 0.344. The molecule has 1 heterocycles. The van der Waals surface area contributed by atoms with Crippen molar-refractivity contribution in [1.82, 2.24) is 0 Å². The van der Waals surface area contributed by atoms with Crippen LogP contribution in [0.3, 0.4) is 0 Å². The molecule has 0 saturated heterocycles. The Bertz CT molecular complexity index is 538. The third kappa shape index (κ3) is 2.68. The summed E-state index contributed by atoms with van der Waals surface area (Å²) in [5.41, 5.74) is -1.50. The monoisotopic (exact) mass is 295 g/mol. The Morgan fingerprint density at radius 3 is 2.86 bits per heavy atom. The van der Waals surface area contributed by atoms with Crippen LogP contribution in [0.25, 0.3) is 0 Å². The van der Waals surface area contributed by atoms with Crippen molar-refractivity contribution in [3.8, 4) is 0 Å². The largest absolute Gasteiger partial charge is 0.469 e. The normalized spacial score (nSPS) is 23.0. The molecule has 0 N–H and O–H groups in total. The first-order valence-electron chi connectivity index (χ1n) is 6.88. The van der Waals surface area contributed by atoms with Gasteiger partial charge in [-0.2, -0.15) is 0 Å². The van der Waals surface area contributed by atoms with Crippen LogP contribution in [0.2, 0.25) is 0 Å². The minimum atomic E-state index is -1.50. The van der Waals surface area contributed by atoms with E-state index >= 15 is 0 Å². The number of esters is 1. The van der Waals surface area contributed by atoms with E-state index in [9.17, 15) is 19.7 Å². The van der Waals surface area contributed by atoms with Crippen LogP contribution in [0, 0.1) is 15.5 Å². The summed E-state index contributed by atoms with van der Waals surface area (Å²) in [6.07, 6.45) is 2.38. The number of carbonyl (C=O) groups excluding carboxylic acids is 2. The van der Waals surface area contributed by atoms with Gasteiger partial charge in [-0.3, -0.25) is 19.7 Å². The first-order valence-corrected chi connectivity index (χ1v) is 6.88. The van der Waals surface area contributed by atoms with Crippen LogP contribution in [0.1, 0.15) is 37.9 Å². The van der Waals surface area contributed by atoms with Gasteiger partial charge >= 0.3 is 5.97 Å². The first-order chi connectivity index (χ1) is 10.0. The smallest absolute Gasteiger partial charge is 0.320 e. The number of hydrogen-bond donors (Lipinski definition) is 0. The third-order valence-electron chi connectivity index (χ3n) is 3.93. The molecule has 0 aliphatic heterocycles. The first kappa shape index (κ1) is 15.2. The maximum Gasteiger partial charge on any atom is 0.320 e. The van der Waals surface area contributed by atoms with Gasteiger partial charge in [0.2, 0.25) is 6.54 Å². The number of hydrogen-bond acceptors (Lipinski definition) is 6. The molecule has 0 unspecified atom stereocenters. The minimum Gasteiger partial charge on any atom is -0.469 e. The number of Topliss-reactive ketones (excluding diaryl/α,β-unsaturated/α-hetero) is 1. The molecular formula is C14H17NO6. The molecule has 0 bridgehead atoms. The van der Waals surface area contributed by atoms with Crippen LogP contribution in [-0.2, 0) is 14.3 Å². The predicted octanol–water partition coefficient (Wildman–Crippen LogP) is 1.94. The fraction of sp³-hybridized carbons (Fsp3) is 0.571. The van der Waals surface area contributed by atoms with Gasteiger partial charge in [0.1, 0.15) is 17.1 Å². The van der Waals surface area contributed by atoms with Gasteiger partial charge in [0, 0.05) is 11.3 Å². The SMILES string of the molecule is CCOC(=O)[C@]1([C@@H](C[N+](=O)[O-])c2ccco2)CCCC1=O. The van der Waals surface area contributed by atoms with E-state index in [-0.39, 0.29) is 31.0 Å². The van der Waals surface area contributed by atoms with Crippen LogP contribution in [0.5, 0.6) is 0 Å². The van der Waals surface area contributed by atoms with Crippen LogP contribution in [0.15, 0.2) is 22.8 Å². The van der Waals surface area contributed by atoms with Crippen LogP contribution >= 0.6 is 0 Å². The molecule has 1 aliphatic carbocycles. The highest BCUT2D eigenvalue weighted by Crippen LogP contribution is 2.47. The summed E-state index contributed by atoms with van der Waals surface area (Å²) in [6.45, 7) is 1.22. The molecule has 21 heavy (non-hydrogen) atoms.